The predicted molar refractivity (Wildman–Crippen MR) is 75.4 cm³/mol. The second-order valence-corrected chi connectivity index (χ2v) is 4.34. The van der Waals surface area contributed by atoms with Crippen molar-refractivity contribution in [1.82, 2.24) is 9.97 Å². The highest BCUT2D eigenvalue weighted by molar-refractivity contribution is 5.60. The number of nitrogens with one attached hydrogen (secondary N) is 1. The van der Waals surface area contributed by atoms with Crippen LogP contribution in [0.2, 0.25) is 0 Å². The summed E-state index contributed by atoms with van der Waals surface area (Å²) < 4.78 is 0. The minimum Gasteiger partial charge on any atom is -0.383 e. The Hall–Kier alpha value is -2.70. The number of nitro groups is 1. The highest BCUT2D eigenvalue weighted by Crippen LogP contribution is 2.21. The summed E-state index contributed by atoms with van der Waals surface area (Å²) in [5.41, 5.74) is 6.30. The van der Waals surface area contributed by atoms with E-state index in [9.17, 15) is 14.9 Å². The van der Waals surface area contributed by atoms with Crippen LogP contribution in [0.15, 0.2) is 29.1 Å². The van der Waals surface area contributed by atoms with Gasteiger partial charge in [0.1, 0.15) is 11.6 Å². The van der Waals surface area contributed by atoms with Crippen LogP contribution in [0.5, 0.6) is 0 Å². The molecule has 0 amide bonds. The van der Waals surface area contributed by atoms with Gasteiger partial charge in [-0.15, -0.1) is 0 Å². The number of non-ortho nitro benzene ring substituents is 1. The van der Waals surface area contributed by atoms with Crippen molar-refractivity contribution in [2.24, 2.45) is 0 Å². The number of benzene rings is 1. The van der Waals surface area contributed by atoms with Gasteiger partial charge < -0.3 is 10.7 Å². The van der Waals surface area contributed by atoms with E-state index in [0.29, 0.717) is 17.5 Å². The fourth-order valence-corrected chi connectivity index (χ4v) is 1.91. The summed E-state index contributed by atoms with van der Waals surface area (Å²) in [5.74, 6) is 0.396. The minimum atomic E-state index is -0.504. The van der Waals surface area contributed by atoms with Crippen LogP contribution < -0.4 is 11.3 Å². The first-order chi connectivity index (χ1) is 9.52. The Morgan fingerprint density at radius 3 is 2.80 bits per heavy atom. The molecular formula is C13H14N4O3. The molecule has 0 saturated heterocycles. The van der Waals surface area contributed by atoms with Crippen molar-refractivity contribution >= 4 is 11.5 Å². The van der Waals surface area contributed by atoms with Crippen LogP contribution in [0.25, 0.3) is 11.4 Å². The second kappa shape index (κ2) is 5.52. The molecule has 2 aromatic rings. The van der Waals surface area contributed by atoms with E-state index in [4.69, 9.17) is 5.73 Å². The normalized spacial score (nSPS) is 10.4. The van der Waals surface area contributed by atoms with Crippen LogP contribution in [0.4, 0.5) is 11.5 Å². The molecule has 0 spiro atoms. The molecule has 0 aliphatic carbocycles. The maximum Gasteiger partial charge on any atom is 0.270 e. The van der Waals surface area contributed by atoms with Crippen LogP contribution in [0.3, 0.4) is 0 Å². The van der Waals surface area contributed by atoms with Gasteiger partial charge in [0.05, 0.1) is 10.5 Å². The average molecular weight is 274 g/mol. The fraction of sp³-hybridized carbons (Fsp3) is 0.231. The smallest absolute Gasteiger partial charge is 0.270 e. The molecule has 2 rings (SSSR count). The zero-order chi connectivity index (χ0) is 14.7. The van der Waals surface area contributed by atoms with Gasteiger partial charge in [-0.1, -0.05) is 25.5 Å². The molecule has 104 valence electrons. The Kier molecular flexibility index (Phi) is 3.79. The third-order valence-corrected chi connectivity index (χ3v) is 2.88. The lowest BCUT2D eigenvalue weighted by Gasteiger charge is -2.06. The van der Waals surface area contributed by atoms with E-state index in [-0.39, 0.29) is 22.9 Å². The Morgan fingerprint density at radius 2 is 2.20 bits per heavy atom. The topological polar surface area (TPSA) is 115 Å². The van der Waals surface area contributed by atoms with Crippen molar-refractivity contribution in [2.75, 3.05) is 5.73 Å². The van der Waals surface area contributed by atoms with Gasteiger partial charge in [0.2, 0.25) is 0 Å². The van der Waals surface area contributed by atoms with Crippen molar-refractivity contribution < 1.29 is 4.92 Å². The number of nitrogen functional groups attached to an aromatic ring is 1. The van der Waals surface area contributed by atoms with Gasteiger partial charge in [-0.05, 0) is 6.42 Å². The molecule has 7 nitrogen and oxygen atoms in total. The van der Waals surface area contributed by atoms with E-state index in [2.05, 4.69) is 9.97 Å². The van der Waals surface area contributed by atoms with Crippen molar-refractivity contribution in [1.29, 1.82) is 0 Å². The summed E-state index contributed by atoms with van der Waals surface area (Å²) in [4.78, 5) is 28.9. The van der Waals surface area contributed by atoms with Gasteiger partial charge in [-0.3, -0.25) is 14.9 Å². The molecule has 0 radical (unpaired) electrons. The number of rotatable bonds is 4. The molecule has 7 heteroatoms. The quantitative estimate of drug-likeness (QED) is 0.652. The molecule has 1 aromatic carbocycles. The standard InChI is InChI=1S/C13H14N4O3/c1-2-4-10-11(14)15-12(16-13(10)18)8-5-3-6-9(7-8)17(19)20/h3,5-7H,2,4H2,1H3,(H3,14,15,16,18). The van der Waals surface area contributed by atoms with Crippen LogP contribution >= 0.6 is 0 Å². The summed E-state index contributed by atoms with van der Waals surface area (Å²) in [6.07, 6.45) is 1.33. The van der Waals surface area contributed by atoms with Crippen LogP contribution in [0, 0.1) is 10.1 Å². The van der Waals surface area contributed by atoms with Gasteiger partial charge in [0.25, 0.3) is 11.2 Å². The van der Waals surface area contributed by atoms with Crippen LogP contribution in [-0.4, -0.2) is 14.9 Å². The number of anilines is 1. The number of nitro benzene ring substituents is 1. The van der Waals surface area contributed by atoms with E-state index in [0.717, 1.165) is 6.42 Å². The first kappa shape index (κ1) is 13.7. The van der Waals surface area contributed by atoms with Gasteiger partial charge in [-0.25, -0.2) is 4.98 Å². The Bertz CT molecular complexity index is 709. The second-order valence-electron chi connectivity index (χ2n) is 4.34. The van der Waals surface area contributed by atoms with E-state index in [1.54, 1.807) is 6.07 Å². The lowest BCUT2D eigenvalue weighted by Crippen LogP contribution is -2.18. The first-order valence-corrected chi connectivity index (χ1v) is 6.16. The van der Waals surface area contributed by atoms with Crippen molar-refractivity contribution in [3.63, 3.8) is 0 Å². The molecule has 0 saturated carbocycles. The van der Waals surface area contributed by atoms with Gasteiger partial charge in [0.15, 0.2) is 0 Å². The number of nitrogens with two attached hydrogens (primary N) is 1. The summed E-state index contributed by atoms with van der Waals surface area (Å²) in [6, 6.07) is 5.88. The number of aromatic amines is 1. The first-order valence-electron chi connectivity index (χ1n) is 6.16. The van der Waals surface area contributed by atoms with Crippen molar-refractivity contribution in [3.05, 3.63) is 50.3 Å². The Balaban J connectivity index is 2.51. The molecule has 0 atom stereocenters. The monoisotopic (exact) mass is 274 g/mol. The van der Waals surface area contributed by atoms with Gasteiger partial charge >= 0.3 is 0 Å². The average Bonchev–Trinajstić information content (AvgIpc) is 2.42. The zero-order valence-electron chi connectivity index (χ0n) is 10.9. The Labute approximate surface area is 114 Å². The highest BCUT2D eigenvalue weighted by Gasteiger charge is 2.12. The van der Waals surface area contributed by atoms with E-state index in [1.807, 2.05) is 6.92 Å². The Morgan fingerprint density at radius 1 is 1.45 bits per heavy atom. The molecule has 1 aromatic heterocycles. The van der Waals surface area contributed by atoms with Crippen LogP contribution in [-0.2, 0) is 6.42 Å². The molecule has 3 N–H and O–H groups in total. The molecule has 0 fully saturated rings. The minimum absolute atomic E-state index is 0.0682. The van der Waals surface area contributed by atoms with E-state index >= 15 is 0 Å². The third kappa shape index (κ3) is 2.66. The zero-order valence-corrected chi connectivity index (χ0v) is 10.9. The lowest BCUT2D eigenvalue weighted by atomic mass is 10.1. The van der Waals surface area contributed by atoms with Gasteiger partial charge in [0, 0.05) is 17.7 Å². The SMILES string of the molecule is CCCc1c(N)nc(-c2cccc([N+](=O)[O-])c2)[nH]c1=O. The predicted octanol–water partition coefficient (Wildman–Crippen LogP) is 1.88. The highest BCUT2D eigenvalue weighted by atomic mass is 16.6. The van der Waals surface area contributed by atoms with Crippen molar-refractivity contribution in [2.45, 2.75) is 19.8 Å². The molecular weight excluding hydrogens is 260 g/mol. The molecule has 0 aliphatic rings. The molecule has 1 heterocycles. The maximum absolute atomic E-state index is 11.9. The van der Waals surface area contributed by atoms with Crippen LogP contribution in [0.1, 0.15) is 18.9 Å². The molecule has 0 bridgehead atoms. The van der Waals surface area contributed by atoms with Gasteiger partial charge in [-0.2, -0.15) is 0 Å². The largest absolute Gasteiger partial charge is 0.383 e. The summed E-state index contributed by atoms with van der Waals surface area (Å²) in [7, 11) is 0. The fourth-order valence-electron chi connectivity index (χ4n) is 1.91. The third-order valence-electron chi connectivity index (χ3n) is 2.88. The van der Waals surface area contributed by atoms with Crippen molar-refractivity contribution in [3.8, 4) is 11.4 Å². The summed E-state index contributed by atoms with van der Waals surface area (Å²) in [5, 5.41) is 10.7. The number of aromatic nitrogens is 2. The maximum atomic E-state index is 11.9. The number of nitrogens with zero attached hydrogens (tertiary/aromatic N) is 2. The lowest BCUT2D eigenvalue weighted by molar-refractivity contribution is -0.384. The number of hydrogen-bond donors (Lipinski definition) is 2. The summed E-state index contributed by atoms with van der Waals surface area (Å²) >= 11 is 0. The molecule has 0 unspecified atom stereocenters. The van der Waals surface area contributed by atoms with E-state index in [1.165, 1.54) is 18.2 Å². The summed E-state index contributed by atoms with van der Waals surface area (Å²) in [6.45, 7) is 1.94. The molecule has 0 aliphatic heterocycles. The molecule has 20 heavy (non-hydrogen) atoms. The van der Waals surface area contributed by atoms with E-state index < -0.39 is 4.92 Å². The number of H-pyrrole nitrogens is 1. The number of hydrogen-bond acceptors (Lipinski definition) is 5.